The van der Waals surface area contributed by atoms with Crippen LogP contribution >= 0.6 is 0 Å². The van der Waals surface area contributed by atoms with Gasteiger partial charge in [0.1, 0.15) is 0 Å². The Morgan fingerprint density at radius 3 is 2.52 bits per heavy atom. The minimum Gasteiger partial charge on any atom is -0.384 e. The molecule has 4 heterocycles. The molecule has 3 saturated heterocycles. The van der Waals surface area contributed by atoms with E-state index in [0.29, 0.717) is 5.92 Å². The molecule has 27 heavy (non-hydrogen) atoms. The van der Waals surface area contributed by atoms with Gasteiger partial charge in [-0.25, -0.2) is 0 Å². The van der Waals surface area contributed by atoms with Gasteiger partial charge in [0.15, 0.2) is 0 Å². The molecule has 0 amide bonds. The minimum absolute atomic E-state index is 0.404. The summed E-state index contributed by atoms with van der Waals surface area (Å²) in [5.41, 5.74) is 3.76. The second kappa shape index (κ2) is 6.59. The Kier molecular flexibility index (Phi) is 4.07. The Bertz CT molecular complexity index is 987. The Morgan fingerprint density at radius 1 is 1.00 bits per heavy atom. The lowest BCUT2D eigenvalue weighted by atomic mass is 9.75. The highest BCUT2D eigenvalue weighted by molar-refractivity contribution is 5.83. The first-order chi connectivity index (χ1) is 13.2. The Hall–Kier alpha value is -2.49. The van der Waals surface area contributed by atoms with E-state index in [4.69, 9.17) is 0 Å². The molecule has 3 aliphatic heterocycles. The third-order valence-electron chi connectivity index (χ3n) is 6.17. The Balaban J connectivity index is 1.37. The Labute approximate surface area is 160 Å². The number of hydrogen-bond donors (Lipinski definition) is 1. The molecule has 3 aliphatic rings. The van der Waals surface area contributed by atoms with E-state index >= 15 is 0 Å². The topological polar surface area (TPSA) is 36.4 Å². The van der Waals surface area contributed by atoms with Crippen LogP contribution in [-0.4, -0.2) is 40.2 Å². The van der Waals surface area contributed by atoms with E-state index in [1.807, 2.05) is 30.5 Å². The maximum absolute atomic E-state index is 11.0. The zero-order valence-corrected chi connectivity index (χ0v) is 15.4. The molecule has 2 bridgehead atoms. The molecule has 3 fully saturated rings. The first-order valence-electron chi connectivity index (χ1n) is 9.79. The predicted octanol–water partition coefficient (Wildman–Crippen LogP) is 4.37. The lowest BCUT2D eigenvalue weighted by molar-refractivity contribution is -0.0775. The van der Waals surface area contributed by atoms with Gasteiger partial charge in [-0.05, 0) is 55.1 Å². The van der Waals surface area contributed by atoms with Crippen molar-refractivity contribution in [2.45, 2.75) is 18.4 Å². The van der Waals surface area contributed by atoms with Gasteiger partial charge in [-0.15, -0.1) is 0 Å². The molecule has 1 atom stereocenters. The smallest absolute Gasteiger partial charge is 0.0986 e. The molecule has 2 aromatic carbocycles. The summed E-state index contributed by atoms with van der Waals surface area (Å²) < 4.78 is 0. The summed E-state index contributed by atoms with van der Waals surface area (Å²) in [6.45, 7) is 3.04. The third kappa shape index (κ3) is 3.18. The molecule has 6 rings (SSSR count). The second-order valence-corrected chi connectivity index (χ2v) is 7.91. The van der Waals surface area contributed by atoms with Crippen molar-refractivity contribution >= 4 is 17.0 Å². The highest BCUT2D eigenvalue weighted by atomic mass is 16.3. The van der Waals surface area contributed by atoms with Crippen LogP contribution in [0.15, 0.2) is 66.9 Å². The van der Waals surface area contributed by atoms with Gasteiger partial charge in [-0.3, -0.25) is 4.98 Å². The van der Waals surface area contributed by atoms with Crippen molar-refractivity contribution in [2.24, 2.45) is 5.92 Å². The molecular formula is C24H24N2O. The fourth-order valence-electron chi connectivity index (χ4n) is 4.52. The van der Waals surface area contributed by atoms with Crippen LogP contribution < -0.4 is 0 Å². The van der Waals surface area contributed by atoms with Gasteiger partial charge in [0.25, 0.3) is 0 Å². The largest absolute Gasteiger partial charge is 0.384 e. The standard InChI is InChI=1S/C24H24N2O/c27-24(17-26-13-10-22(24)11-14-26)12-9-18-5-7-19(8-6-18)21-15-20-3-1-2-4-23(20)25-16-21/h1-9,12,15-16,22,27H,10-11,13-14,17H2. The van der Waals surface area contributed by atoms with Crippen LogP contribution in [0.3, 0.4) is 0 Å². The summed E-state index contributed by atoms with van der Waals surface area (Å²) in [5, 5.41) is 12.2. The average molecular weight is 356 g/mol. The van der Waals surface area contributed by atoms with Crippen molar-refractivity contribution in [3.63, 3.8) is 0 Å². The molecule has 1 N–H and O–H groups in total. The molecule has 3 aromatic rings. The predicted molar refractivity (Wildman–Crippen MR) is 110 cm³/mol. The molecule has 0 saturated carbocycles. The average Bonchev–Trinajstić information content (AvgIpc) is 2.73. The van der Waals surface area contributed by atoms with E-state index < -0.39 is 5.60 Å². The molecule has 1 aromatic heterocycles. The minimum atomic E-state index is -0.669. The van der Waals surface area contributed by atoms with Gasteiger partial charge < -0.3 is 10.0 Å². The van der Waals surface area contributed by atoms with Crippen LogP contribution in [0, 0.1) is 5.92 Å². The van der Waals surface area contributed by atoms with Crippen molar-refractivity contribution in [3.05, 3.63) is 72.4 Å². The van der Waals surface area contributed by atoms with Crippen molar-refractivity contribution in [2.75, 3.05) is 19.6 Å². The zero-order valence-electron chi connectivity index (χ0n) is 15.4. The number of benzene rings is 2. The molecule has 0 aliphatic carbocycles. The normalized spacial score (nSPS) is 27.4. The van der Waals surface area contributed by atoms with Gasteiger partial charge in [0, 0.05) is 23.7 Å². The molecular weight excluding hydrogens is 332 g/mol. The number of fused-ring (bicyclic) bond motifs is 4. The quantitative estimate of drug-likeness (QED) is 0.757. The summed E-state index contributed by atoms with van der Waals surface area (Å²) in [5.74, 6) is 0.404. The third-order valence-corrected chi connectivity index (χ3v) is 6.17. The van der Waals surface area contributed by atoms with Gasteiger partial charge >= 0.3 is 0 Å². The van der Waals surface area contributed by atoms with Gasteiger partial charge in [-0.1, -0.05) is 54.6 Å². The number of nitrogens with zero attached hydrogens (tertiary/aromatic N) is 2. The zero-order chi connectivity index (χ0) is 18.3. The van der Waals surface area contributed by atoms with Crippen molar-refractivity contribution in [3.8, 4) is 11.1 Å². The second-order valence-electron chi connectivity index (χ2n) is 7.91. The number of pyridine rings is 1. The van der Waals surface area contributed by atoms with Crippen LogP contribution in [0.1, 0.15) is 18.4 Å². The molecule has 3 nitrogen and oxygen atoms in total. The van der Waals surface area contributed by atoms with E-state index in [9.17, 15) is 5.11 Å². The summed E-state index contributed by atoms with van der Waals surface area (Å²) in [7, 11) is 0. The molecule has 3 heteroatoms. The van der Waals surface area contributed by atoms with E-state index in [1.165, 1.54) is 0 Å². The first-order valence-corrected chi connectivity index (χ1v) is 9.79. The number of aliphatic hydroxyl groups is 1. The fourth-order valence-corrected chi connectivity index (χ4v) is 4.52. The lowest BCUT2D eigenvalue weighted by Crippen LogP contribution is -2.58. The number of hydrogen-bond acceptors (Lipinski definition) is 3. The first kappa shape index (κ1) is 16.7. The highest BCUT2D eigenvalue weighted by Crippen LogP contribution is 2.37. The number of para-hydroxylation sites is 1. The SMILES string of the molecule is OC1(C=Cc2ccc(-c3cnc4ccccc4c3)cc2)CN2CCC1CC2. The molecule has 136 valence electrons. The summed E-state index contributed by atoms with van der Waals surface area (Å²) in [6.07, 6.45) is 8.24. The van der Waals surface area contributed by atoms with Crippen LogP contribution in [-0.2, 0) is 0 Å². The van der Waals surface area contributed by atoms with Crippen molar-refractivity contribution in [1.29, 1.82) is 0 Å². The number of aromatic nitrogens is 1. The van der Waals surface area contributed by atoms with Gasteiger partial charge in [0.05, 0.1) is 11.1 Å². The fraction of sp³-hybridized carbons (Fsp3) is 0.292. The van der Waals surface area contributed by atoms with Crippen molar-refractivity contribution in [1.82, 2.24) is 9.88 Å². The van der Waals surface area contributed by atoms with Crippen LogP contribution in [0.25, 0.3) is 28.1 Å². The summed E-state index contributed by atoms with van der Waals surface area (Å²) in [6, 6.07) is 18.9. The Morgan fingerprint density at radius 2 is 1.78 bits per heavy atom. The van der Waals surface area contributed by atoms with Crippen molar-refractivity contribution < 1.29 is 5.11 Å². The summed E-state index contributed by atoms with van der Waals surface area (Å²) >= 11 is 0. The lowest BCUT2D eigenvalue weighted by Gasteiger charge is -2.49. The van der Waals surface area contributed by atoms with E-state index in [2.05, 4.69) is 52.4 Å². The van der Waals surface area contributed by atoms with Crippen LogP contribution in [0.2, 0.25) is 0 Å². The maximum atomic E-state index is 11.0. The summed E-state index contributed by atoms with van der Waals surface area (Å²) in [4.78, 5) is 6.93. The van der Waals surface area contributed by atoms with E-state index in [-0.39, 0.29) is 0 Å². The van der Waals surface area contributed by atoms with Crippen LogP contribution in [0.5, 0.6) is 0 Å². The highest BCUT2D eigenvalue weighted by Gasteiger charge is 2.43. The molecule has 1 unspecified atom stereocenters. The number of piperidine rings is 3. The van der Waals surface area contributed by atoms with Gasteiger partial charge in [-0.2, -0.15) is 0 Å². The monoisotopic (exact) mass is 356 g/mol. The van der Waals surface area contributed by atoms with Crippen LogP contribution in [0.4, 0.5) is 0 Å². The molecule has 0 radical (unpaired) electrons. The van der Waals surface area contributed by atoms with E-state index in [1.54, 1.807) is 0 Å². The maximum Gasteiger partial charge on any atom is 0.0986 e. The van der Waals surface area contributed by atoms with E-state index in [0.717, 1.165) is 60.1 Å². The number of rotatable bonds is 3. The molecule has 0 spiro atoms. The van der Waals surface area contributed by atoms with Gasteiger partial charge in [0.2, 0.25) is 0 Å².